The van der Waals surface area contributed by atoms with Crippen LogP contribution >= 0.6 is 0 Å². The van der Waals surface area contributed by atoms with E-state index < -0.39 is 0 Å². The van der Waals surface area contributed by atoms with Gasteiger partial charge in [0, 0.05) is 18.3 Å². The highest BCUT2D eigenvalue weighted by Crippen LogP contribution is 2.05. The van der Waals surface area contributed by atoms with E-state index in [-0.39, 0.29) is 0 Å². The summed E-state index contributed by atoms with van der Waals surface area (Å²) in [5, 5.41) is 2.95. The van der Waals surface area contributed by atoms with E-state index in [9.17, 15) is 4.79 Å². The summed E-state index contributed by atoms with van der Waals surface area (Å²) in [5.74, 6) is 0. The van der Waals surface area contributed by atoms with Crippen LogP contribution in [0.5, 0.6) is 0 Å². The molecule has 1 rings (SSSR count). The Bertz CT molecular complexity index is 215. The summed E-state index contributed by atoms with van der Waals surface area (Å²) in [5.41, 5.74) is 1.58. The largest absolute Gasteiger partial charge is 0.388 e. The fourth-order valence-electron chi connectivity index (χ4n) is 0.705. The van der Waals surface area contributed by atoms with Crippen LogP contribution in [0.2, 0.25) is 0 Å². The zero-order valence-corrected chi connectivity index (χ0v) is 5.72. The van der Waals surface area contributed by atoms with Crippen molar-refractivity contribution in [2.24, 2.45) is 0 Å². The van der Waals surface area contributed by atoms with Crippen LogP contribution in [-0.2, 0) is 4.79 Å². The zero-order chi connectivity index (χ0) is 7.40. The van der Waals surface area contributed by atoms with Crippen LogP contribution in [0.1, 0.15) is 5.56 Å². The molecule has 0 aromatic heterocycles. The number of carbonyl (C=O) groups excluding carboxylic acids is 1. The molecule has 0 atom stereocenters. The molecule has 0 saturated carbocycles. The molecule has 0 aliphatic carbocycles. The summed E-state index contributed by atoms with van der Waals surface area (Å²) in [6, 6.07) is 7.11. The molecule has 2 nitrogen and oxygen atoms in total. The molecular weight excluding hydrogens is 126 g/mol. The molecule has 0 aliphatic rings. The van der Waals surface area contributed by atoms with Crippen molar-refractivity contribution >= 4 is 12.0 Å². The Kier molecular flexibility index (Phi) is 2.05. The average molecular weight is 134 g/mol. The Morgan fingerprint density at radius 1 is 1.30 bits per heavy atom. The lowest BCUT2D eigenvalue weighted by Gasteiger charge is -1.96. The molecule has 10 heavy (non-hydrogen) atoms. The minimum absolute atomic E-state index is 0.582. The van der Waals surface area contributed by atoms with Gasteiger partial charge in [-0.05, 0) is 24.3 Å². The Balaban J connectivity index is 2.90. The van der Waals surface area contributed by atoms with Gasteiger partial charge in [-0.3, -0.25) is 4.79 Å². The highest BCUT2D eigenvalue weighted by Gasteiger charge is 1.89. The second-order valence-corrected chi connectivity index (χ2v) is 1.93. The van der Waals surface area contributed by atoms with Gasteiger partial charge in [0.1, 0.15) is 0 Å². The summed E-state index contributed by atoms with van der Waals surface area (Å²) in [6.07, 6.45) is 1.80. The SMILES string of the molecule is CNc1ccc([C]=O)cc1. The van der Waals surface area contributed by atoms with Crippen molar-refractivity contribution in [1.82, 2.24) is 0 Å². The first-order valence-corrected chi connectivity index (χ1v) is 3.03. The molecule has 1 aromatic carbocycles. The molecule has 0 unspecified atom stereocenters. The Morgan fingerprint density at radius 3 is 2.30 bits per heavy atom. The number of rotatable bonds is 2. The van der Waals surface area contributed by atoms with E-state index >= 15 is 0 Å². The van der Waals surface area contributed by atoms with Crippen molar-refractivity contribution in [1.29, 1.82) is 0 Å². The second kappa shape index (κ2) is 3.01. The molecule has 0 saturated heterocycles. The van der Waals surface area contributed by atoms with Crippen LogP contribution in [0, 0.1) is 0 Å². The van der Waals surface area contributed by atoms with Crippen molar-refractivity contribution < 1.29 is 4.79 Å². The summed E-state index contributed by atoms with van der Waals surface area (Å²) >= 11 is 0. The van der Waals surface area contributed by atoms with Gasteiger partial charge in [-0.15, -0.1) is 0 Å². The quantitative estimate of drug-likeness (QED) is 0.658. The molecule has 0 spiro atoms. The van der Waals surface area contributed by atoms with E-state index in [4.69, 9.17) is 0 Å². The standard InChI is InChI=1S/C8H8NO/c1-9-8-4-2-7(6-10)3-5-8/h2-5,9H,1H3. The minimum Gasteiger partial charge on any atom is -0.388 e. The maximum atomic E-state index is 10.1. The Labute approximate surface area is 59.9 Å². The molecule has 0 bridgehead atoms. The van der Waals surface area contributed by atoms with Crippen molar-refractivity contribution in [3.05, 3.63) is 29.8 Å². The van der Waals surface area contributed by atoms with Gasteiger partial charge in [-0.25, -0.2) is 0 Å². The lowest BCUT2D eigenvalue weighted by Crippen LogP contribution is -1.87. The molecule has 1 N–H and O–H groups in total. The maximum Gasteiger partial charge on any atom is 0.233 e. The first kappa shape index (κ1) is 6.81. The summed E-state index contributed by atoms with van der Waals surface area (Å²) in [4.78, 5) is 10.1. The van der Waals surface area contributed by atoms with Gasteiger partial charge in [0.05, 0.1) is 0 Å². The van der Waals surface area contributed by atoms with E-state index in [1.807, 2.05) is 19.2 Å². The smallest absolute Gasteiger partial charge is 0.233 e. The predicted octanol–water partition coefficient (Wildman–Crippen LogP) is 1.19. The van der Waals surface area contributed by atoms with Crippen LogP contribution in [0.4, 0.5) is 5.69 Å². The topological polar surface area (TPSA) is 29.1 Å². The van der Waals surface area contributed by atoms with Gasteiger partial charge in [-0.2, -0.15) is 0 Å². The van der Waals surface area contributed by atoms with E-state index in [0.717, 1.165) is 5.69 Å². The predicted molar refractivity (Wildman–Crippen MR) is 40.8 cm³/mol. The minimum atomic E-state index is 0.582. The first-order valence-electron chi connectivity index (χ1n) is 3.03. The lowest BCUT2D eigenvalue weighted by atomic mass is 10.2. The fraction of sp³-hybridized carbons (Fsp3) is 0.125. The van der Waals surface area contributed by atoms with Crippen LogP contribution < -0.4 is 5.32 Å². The van der Waals surface area contributed by atoms with Crippen molar-refractivity contribution in [2.45, 2.75) is 0 Å². The molecule has 51 valence electrons. The summed E-state index contributed by atoms with van der Waals surface area (Å²) < 4.78 is 0. The van der Waals surface area contributed by atoms with Gasteiger partial charge < -0.3 is 5.32 Å². The van der Waals surface area contributed by atoms with Crippen LogP contribution in [0.15, 0.2) is 24.3 Å². The molecule has 0 aliphatic heterocycles. The number of hydrogen-bond donors (Lipinski definition) is 1. The third-order valence-electron chi connectivity index (χ3n) is 1.29. The molecule has 1 aromatic rings. The van der Waals surface area contributed by atoms with E-state index in [1.54, 1.807) is 18.4 Å². The van der Waals surface area contributed by atoms with Crippen molar-refractivity contribution in [3.8, 4) is 0 Å². The fourth-order valence-corrected chi connectivity index (χ4v) is 0.705. The molecule has 0 heterocycles. The summed E-state index contributed by atoms with van der Waals surface area (Å²) in [6.45, 7) is 0. The number of anilines is 1. The Morgan fingerprint density at radius 2 is 1.90 bits per heavy atom. The third-order valence-corrected chi connectivity index (χ3v) is 1.29. The highest BCUT2D eigenvalue weighted by atomic mass is 16.1. The zero-order valence-electron chi connectivity index (χ0n) is 5.72. The monoisotopic (exact) mass is 134 g/mol. The highest BCUT2D eigenvalue weighted by molar-refractivity contribution is 5.76. The van der Waals surface area contributed by atoms with Gasteiger partial charge in [0.15, 0.2) is 0 Å². The average Bonchev–Trinajstić information content (AvgIpc) is 2.05. The third kappa shape index (κ3) is 1.35. The molecule has 0 fully saturated rings. The number of hydrogen-bond acceptors (Lipinski definition) is 2. The number of benzene rings is 1. The molecular formula is C8H8NO. The first-order chi connectivity index (χ1) is 4.86. The van der Waals surface area contributed by atoms with E-state index in [0.29, 0.717) is 5.56 Å². The van der Waals surface area contributed by atoms with Crippen molar-refractivity contribution in [2.75, 3.05) is 12.4 Å². The molecule has 1 radical (unpaired) electrons. The normalized spacial score (nSPS) is 8.90. The van der Waals surface area contributed by atoms with Gasteiger partial charge in [0.25, 0.3) is 0 Å². The lowest BCUT2D eigenvalue weighted by molar-refractivity contribution is 0.563. The van der Waals surface area contributed by atoms with Crippen molar-refractivity contribution in [3.63, 3.8) is 0 Å². The molecule has 2 heteroatoms. The Hall–Kier alpha value is -1.31. The van der Waals surface area contributed by atoms with Gasteiger partial charge in [-0.1, -0.05) is 0 Å². The van der Waals surface area contributed by atoms with E-state index in [2.05, 4.69) is 5.32 Å². The second-order valence-electron chi connectivity index (χ2n) is 1.93. The van der Waals surface area contributed by atoms with Gasteiger partial charge >= 0.3 is 0 Å². The van der Waals surface area contributed by atoms with Crippen LogP contribution in [0.3, 0.4) is 0 Å². The van der Waals surface area contributed by atoms with Crippen LogP contribution in [-0.4, -0.2) is 13.3 Å². The van der Waals surface area contributed by atoms with Gasteiger partial charge in [0.2, 0.25) is 6.29 Å². The maximum absolute atomic E-state index is 10.1. The number of nitrogens with one attached hydrogen (secondary N) is 1. The van der Waals surface area contributed by atoms with E-state index in [1.165, 1.54) is 0 Å². The summed E-state index contributed by atoms with van der Waals surface area (Å²) in [7, 11) is 1.83. The molecule has 0 amide bonds. The van der Waals surface area contributed by atoms with Crippen LogP contribution in [0.25, 0.3) is 0 Å².